The van der Waals surface area contributed by atoms with Crippen LogP contribution in [0.5, 0.6) is 5.75 Å². The average molecular weight is 332 g/mol. The fourth-order valence-electron chi connectivity index (χ4n) is 1.65. The largest absolute Gasteiger partial charge is 0.423 e. The Bertz CT molecular complexity index is 860. The highest BCUT2D eigenvalue weighted by atomic mass is 32.2. The molecule has 0 aliphatic heterocycles. The van der Waals surface area contributed by atoms with Crippen molar-refractivity contribution < 1.29 is 17.9 Å². The minimum absolute atomic E-state index is 0.0789. The van der Waals surface area contributed by atoms with Gasteiger partial charge in [-0.05, 0) is 48.5 Å². The van der Waals surface area contributed by atoms with E-state index >= 15 is 0 Å². The first kappa shape index (κ1) is 16.2. The van der Waals surface area contributed by atoms with Gasteiger partial charge in [-0.15, -0.1) is 4.36 Å². The maximum Gasteiger partial charge on any atom is 0.343 e. The summed E-state index contributed by atoms with van der Waals surface area (Å²) in [5, 5.41) is 0. The first-order chi connectivity index (χ1) is 10.9. The van der Waals surface area contributed by atoms with E-state index in [1.54, 1.807) is 12.1 Å². The standard InChI is InChI=1S/C14H12N4O4S/c15-14(16)17-10-3-1-9(2-4-10)13(19)22-12-7-5-11(6-8-12)18-23(20)21/h1-8H,(H4,15,16,17). The maximum atomic E-state index is 12.0. The summed E-state index contributed by atoms with van der Waals surface area (Å²) in [5.41, 5.74) is 11.6. The molecule has 2 aromatic carbocycles. The molecule has 118 valence electrons. The van der Waals surface area contributed by atoms with Crippen molar-refractivity contribution >= 4 is 33.8 Å². The Morgan fingerprint density at radius 3 is 2.00 bits per heavy atom. The van der Waals surface area contributed by atoms with Crippen LogP contribution in [0.2, 0.25) is 0 Å². The molecule has 0 saturated heterocycles. The van der Waals surface area contributed by atoms with Crippen molar-refractivity contribution in [1.29, 1.82) is 0 Å². The minimum atomic E-state index is -2.53. The van der Waals surface area contributed by atoms with Crippen molar-refractivity contribution in [2.45, 2.75) is 0 Å². The predicted octanol–water partition coefficient (Wildman–Crippen LogP) is 1.50. The summed E-state index contributed by atoms with van der Waals surface area (Å²) in [6.07, 6.45) is 0. The van der Waals surface area contributed by atoms with Gasteiger partial charge in [0.05, 0.1) is 16.9 Å². The van der Waals surface area contributed by atoms with Gasteiger partial charge in [0.15, 0.2) is 5.96 Å². The molecule has 0 unspecified atom stereocenters. The Morgan fingerprint density at radius 1 is 0.913 bits per heavy atom. The van der Waals surface area contributed by atoms with Gasteiger partial charge < -0.3 is 16.2 Å². The molecule has 0 radical (unpaired) electrons. The Hall–Kier alpha value is -3.20. The molecule has 2 rings (SSSR count). The van der Waals surface area contributed by atoms with Crippen molar-refractivity contribution in [2.75, 3.05) is 0 Å². The second-order valence-electron chi connectivity index (χ2n) is 4.28. The Morgan fingerprint density at radius 2 is 1.48 bits per heavy atom. The number of hydrogen-bond donors (Lipinski definition) is 2. The van der Waals surface area contributed by atoms with Crippen molar-refractivity contribution in [1.82, 2.24) is 0 Å². The van der Waals surface area contributed by atoms with Crippen LogP contribution in [0.4, 0.5) is 11.4 Å². The van der Waals surface area contributed by atoms with Gasteiger partial charge in [0, 0.05) is 0 Å². The van der Waals surface area contributed by atoms with Crippen LogP contribution in [-0.4, -0.2) is 20.3 Å². The molecule has 8 nitrogen and oxygen atoms in total. The number of esters is 1. The number of carbonyl (C=O) groups excluding carboxylic acids is 1. The summed E-state index contributed by atoms with van der Waals surface area (Å²) in [7, 11) is -2.53. The smallest absolute Gasteiger partial charge is 0.343 e. The Balaban J connectivity index is 2.09. The molecule has 0 aromatic heterocycles. The van der Waals surface area contributed by atoms with Gasteiger partial charge in [-0.25, -0.2) is 9.79 Å². The van der Waals surface area contributed by atoms with Crippen LogP contribution >= 0.6 is 0 Å². The van der Waals surface area contributed by atoms with E-state index < -0.39 is 16.5 Å². The highest BCUT2D eigenvalue weighted by Gasteiger charge is 2.08. The van der Waals surface area contributed by atoms with E-state index in [0.29, 0.717) is 11.3 Å². The van der Waals surface area contributed by atoms with Gasteiger partial charge in [-0.2, -0.15) is 8.42 Å². The molecule has 9 heteroatoms. The molecule has 2 aromatic rings. The molecule has 0 atom stereocenters. The summed E-state index contributed by atoms with van der Waals surface area (Å²) in [6, 6.07) is 11.9. The second kappa shape index (κ2) is 7.18. The van der Waals surface area contributed by atoms with Crippen molar-refractivity contribution in [3.05, 3.63) is 54.1 Å². The van der Waals surface area contributed by atoms with E-state index in [-0.39, 0.29) is 17.4 Å². The van der Waals surface area contributed by atoms with E-state index in [1.165, 1.54) is 36.4 Å². The highest BCUT2D eigenvalue weighted by Crippen LogP contribution is 2.20. The first-order valence-corrected chi connectivity index (χ1v) is 7.30. The van der Waals surface area contributed by atoms with E-state index in [1.807, 2.05) is 0 Å². The van der Waals surface area contributed by atoms with Crippen LogP contribution < -0.4 is 16.2 Å². The Labute approximate surface area is 133 Å². The molecule has 0 saturated carbocycles. The fraction of sp³-hybridized carbons (Fsp3) is 0. The maximum absolute atomic E-state index is 12.0. The third kappa shape index (κ3) is 4.93. The predicted molar refractivity (Wildman–Crippen MR) is 84.3 cm³/mol. The summed E-state index contributed by atoms with van der Waals surface area (Å²) in [5.74, 6) is -0.387. The van der Waals surface area contributed by atoms with Crippen LogP contribution in [0.1, 0.15) is 10.4 Å². The Kier molecular flexibility index (Phi) is 5.05. The quantitative estimate of drug-likeness (QED) is 0.377. The van der Waals surface area contributed by atoms with Crippen LogP contribution in [-0.2, 0) is 10.5 Å². The number of aliphatic imine (C=N–C) groups is 1. The number of ether oxygens (including phenoxy) is 1. The number of carbonyl (C=O) groups is 1. The lowest BCUT2D eigenvalue weighted by atomic mass is 10.2. The zero-order valence-electron chi connectivity index (χ0n) is 11.7. The summed E-state index contributed by atoms with van der Waals surface area (Å²) in [4.78, 5) is 15.8. The molecular weight excluding hydrogens is 320 g/mol. The molecule has 4 N–H and O–H groups in total. The number of nitrogens with zero attached hydrogens (tertiary/aromatic N) is 2. The number of benzene rings is 2. The topological polar surface area (TPSA) is 137 Å². The number of rotatable bonds is 4. The van der Waals surface area contributed by atoms with Gasteiger partial charge in [-0.3, -0.25) is 0 Å². The summed E-state index contributed by atoms with van der Waals surface area (Å²) < 4.78 is 29.3. The second-order valence-corrected chi connectivity index (χ2v) is 4.89. The number of nitrogens with two attached hydrogens (primary N) is 2. The molecule has 0 amide bonds. The van der Waals surface area contributed by atoms with E-state index in [4.69, 9.17) is 16.2 Å². The zero-order chi connectivity index (χ0) is 16.8. The van der Waals surface area contributed by atoms with Crippen LogP contribution in [0, 0.1) is 0 Å². The lowest BCUT2D eigenvalue weighted by Crippen LogP contribution is -2.21. The third-order valence-corrected chi connectivity index (χ3v) is 2.95. The van der Waals surface area contributed by atoms with Gasteiger partial charge >= 0.3 is 16.5 Å². The number of guanidine groups is 1. The van der Waals surface area contributed by atoms with Crippen molar-refractivity contribution in [3.63, 3.8) is 0 Å². The molecule has 0 bridgehead atoms. The average Bonchev–Trinajstić information content (AvgIpc) is 2.49. The fourth-order valence-corrected chi connectivity index (χ4v) is 1.94. The lowest BCUT2D eigenvalue weighted by molar-refractivity contribution is 0.0735. The molecule has 0 heterocycles. The van der Waals surface area contributed by atoms with Gasteiger partial charge in [0.1, 0.15) is 5.75 Å². The lowest BCUT2D eigenvalue weighted by Gasteiger charge is -2.04. The summed E-state index contributed by atoms with van der Waals surface area (Å²) >= 11 is 0. The van der Waals surface area contributed by atoms with Crippen LogP contribution in [0.25, 0.3) is 0 Å². The molecule has 0 fully saturated rings. The third-order valence-electron chi connectivity index (χ3n) is 2.59. The molecular formula is C14H12N4O4S. The summed E-state index contributed by atoms with van der Waals surface area (Å²) in [6.45, 7) is 0. The van der Waals surface area contributed by atoms with Crippen LogP contribution in [0.15, 0.2) is 57.9 Å². The molecule has 0 aliphatic carbocycles. The number of hydrogen-bond acceptors (Lipinski definition) is 6. The van der Waals surface area contributed by atoms with Crippen molar-refractivity contribution in [2.24, 2.45) is 20.8 Å². The minimum Gasteiger partial charge on any atom is -0.423 e. The first-order valence-electron chi connectivity index (χ1n) is 6.27. The van der Waals surface area contributed by atoms with Gasteiger partial charge in [0.2, 0.25) is 0 Å². The molecule has 0 spiro atoms. The van der Waals surface area contributed by atoms with Crippen LogP contribution in [0.3, 0.4) is 0 Å². The van der Waals surface area contributed by atoms with E-state index in [9.17, 15) is 13.2 Å². The SMILES string of the molecule is NC(N)=Nc1ccc(C(=O)Oc2ccc(N=S(=O)=O)cc2)cc1. The normalized spacial score (nSPS) is 9.74. The van der Waals surface area contributed by atoms with Gasteiger partial charge in [-0.1, -0.05) is 0 Å². The monoisotopic (exact) mass is 332 g/mol. The molecule has 23 heavy (non-hydrogen) atoms. The van der Waals surface area contributed by atoms with Crippen molar-refractivity contribution in [3.8, 4) is 5.75 Å². The highest BCUT2D eigenvalue weighted by molar-refractivity contribution is 7.61. The molecule has 0 aliphatic rings. The van der Waals surface area contributed by atoms with E-state index in [2.05, 4.69) is 9.36 Å². The van der Waals surface area contributed by atoms with Gasteiger partial charge in [0.25, 0.3) is 0 Å². The zero-order valence-corrected chi connectivity index (χ0v) is 12.5. The van der Waals surface area contributed by atoms with E-state index in [0.717, 1.165) is 0 Å².